The summed E-state index contributed by atoms with van der Waals surface area (Å²) in [5.74, 6) is 0.785. The molecule has 1 amide bonds. The molecule has 0 saturated carbocycles. The Hall–Kier alpha value is -2.67. The van der Waals surface area contributed by atoms with Gasteiger partial charge in [-0.25, -0.2) is 0 Å². The third kappa shape index (κ3) is 4.24. The van der Waals surface area contributed by atoms with Crippen molar-refractivity contribution in [2.24, 2.45) is 0 Å². The summed E-state index contributed by atoms with van der Waals surface area (Å²) < 4.78 is 12.0. The number of methoxy groups -OCH3 is 2. The quantitative estimate of drug-likeness (QED) is 0.339. The predicted molar refractivity (Wildman–Crippen MR) is 126 cm³/mol. The first-order chi connectivity index (χ1) is 15.0. The number of aromatic amines is 1. The molecule has 8 heteroatoms. The monoisotopic (exact) mass is 474 g/mol. The number of hydrogen-bond acceptors (Lipinski definition) is 4. The van der Waals surface area contributed by atoms with E-state index >= 15 is 0 Å². The lowest BCUT2D eigenvalue weighted by Gasteiger charge is -2.22. The summed E-state index contributed by atoms with van der Waals surface area (Å²) in [4.78, 5) is 16.1. The lowest BCUT2D eigenvalue weighted by molar-refractivity contribution is 0.0953. The van der Waals surface area contributed by atoms with Gasteiger partial charge in [0.25, 0.3) is 5.91 Å². The van der Waals surface area contributed by atoms with Gasteiger partial charge < -0.3 is 19.8 Å². The standard InChI is InChI=1S/C23H20Cl2N2O3S/c1-29-19-9-5-7-14(21(19)30-2)17(16-11-26-18-8-4-3-6-13(16)18)12-27-23(28)15-10-20(24)31-22(15)25/h3-11,17,26H,12H2,1-2H3,(H,27,28). The van der Waals surface area contributed by atoms with Crippen LogP contribution in [-0.2, 0) is 0 Å². The summed E-state index contributed by atoms with van der Waals surface area (Å²) in [6.07, 6.45) is 1.97. The highest BCUT2D eigenvalue weighted by Gasteiger charge is 2.25. The van der Waals surface area contributed by atoms with E-state index in [0.717, 1.165) is 22.0 Å². The van der Waals surface area contributed by atoms with Crippen LogP contribution in [0, 0.1) is 0 Å². The van der Waals surface area contributed by atoms with Crippen LogP contribution in [0.4, 0.5) is 0 Å². The Bertz CT molecular complexity index is 1230. The minimum atomic E-state index is -0.278. The fourth-order valence-electron chi connectivity index (χ4n) is 3.74. The van der Waals surface area contributed by atoms with Crippen LogP contribution in [0.5, 0.6) is 11.5 Å². The second-order valence-electron chi connectivity index (χ2n) is 6.87. The van der Waals surface area contributed by atoms with Gasteiger partial charge >= 0.3 is 0 Å². The van der Waals surface area contributed by atoms with Crippen LogP contribution in [0.3, 0.4) is 0 Å². The fraction of sp³-hybridized carbons (Fsp3) is 0.174. The van der Waals surface area contributed by atoms with Crippen LogP contribution in [0.15, 0.2) is 54.7 Å². The molecule has 31 heavy (non-hydrogen) atoms. The zero-order valence-electron chi connectivity index (χ0n) is 16.9. The van der Waals surface area contributed by atoms with Crippen LogP contribution < -0.4 is 14.8 Å². The molecule has 2 aromatic heterocycles. The van der Waals surface area contributed by atoms with Crippen LogP contribution in [0.2, 0.25) is 8.67 Å². The average molecular weight is 475 g/mol. The van der Waals surface area contributed by atoms with Crippen LogP contribution in [0.25, 0.3) is 10.9 Å². The molecule has 0 saturated heterocycles. The maximum Gasteiger partial charge on any atom is 0.253 e. The van der Waals surface area contributed by atoms with E-state index in [1.54, 1.807) is 20.3 Å². The molecule has 2 aromatic carbocycles. The van der Waals surface area contributed by atoms with Gasteiger partial charge in [0.05, 0.1) is 24.1 Å². The number of thiophene rings is 1. The van der Waals surface area contributed by atoms with Gasteiger partial charge in [-0.15, -0.1) is 11.3 Å². The number of amides is 1. The summed E-state index contributed by atoms with van der Waals surface area (Å²) in [5, 5.41) is 4.08. The van der Waals surface area contributed by atoms with Crippen LogP contribution >= 0.6 is 34.5 Å². The Morgan fingerprint density at radius 3 is 2.61 bits per heavy atom. The smallest absolute Gasteiger partial charge is 0.253 e. The van der Waals surface area contributed by atoms with Crippen molar-refractivity contribution in [3.05, 3.63) is 80.1 Å². The number of halogens is 2. The van der Waals surface area contributed by atoms with E-state index in [1.807, 2.05) is 42.6 Å². The number of para-hydroxylation sites is 2. The first-order valence-electron chi connectivity index (χ1n) is 9.53. The summed E-state index contributed by atoms with van der Waals surface area (Å²) in [6.45, 7) is 0.327. The first-order valence-corrected chi connectivity index (χ1v) is 11.1. The van der Waals surface area contributed by atoms with E-state index in [-0.39, 0.29) is 11.8 Å². The second kappa shape index (κ2) is 9.22. The van der Waals surface area contributed by atoms with E-state index in [1.165, 1.54) is 11.3 Å². The molecule has 4 rings (SSSR count). The maximum absolute atomic E-state index is 12.8. The van der Waals surface area contributed by atoms with Crippen molar-refractivity contribution in [3.63, 3.8) is 0 Å². The minimum Gasteiger partial charge on any atom is -0.493 e. The summed E-state index contributed by atoms with van der Waals surface area (Å²) >= 11 is 13.3. The number of benzene rings is 2. The van der Waals surface area contributed by atoms with Crippen molar-refractivity contribution in [2.45, 2.75) is 5.92 Å². The maximum atomic E-state index is 12.8. The van der Waals surface area contributed by atoms with Crippen LogP contribution in [-0.4, -0.2) is 31.7 Å². The molecule has 2 N–H and O–H groups in total. The van der Waals surface area contributed by atoms with Gasteiger partial charge in [0.15, 0.2) is 11.5 Å². The highest BCUT2D eigenvalue weighted by molar-refractivity contribution is 7.20. The molecule has 160 valence electrons. The lowest BCUT2D eigenvalue weighted by atomic mass is 9.89. The molecule has 5 nitrogen and oxygen atoms in total. The third-order valence-electron chi connectivity index (χ3n) is 5.17. The Morgan fingerprint density at radius 1 is 1.10 bits per heavy atom. The van der Waals surface area contributed by atoms with Gasteiger partial charge in [0.2, 0.25) is 0 Å². The predicted octanol–water partition coefficient (Wildman–Crippen LogP) is 6.12. The number of H-pyrrole nitrogens is 1. The topological polar surface area (TPSA) is 63.3 Å². The highest BCUT2D eigenvalue weighted by atomic mass is 35.5. The number of rotatable bonds is 7. The molecule has 1 unspecified atom stereocenters. The molecule has 1 atom stereocenters. The van der Waals surface area contributed by atoms with Crippen molar-refractivity contribution in [1.29, 1.82) is 0 Å². The number of fused-ring (bicyclic) bond motifs is 1. The summed E-state index contributed by atoms with van der Waals surface area (Å²) in [7, 11) is 3.21. The molecule has 0 radical (unpaired) electrons. The van der Waals surface area contributed by atoms with E-state index in [9.17, 15) is 4.79 Å². The summed E-state index contributed by atoms with van der Waals surface area (Å²) in [6, 6.07) is 15.4. The number of nitrogens with one attached hydrogen (secondary N) is 2. The van der Waals surface area contributed by atoms with E-state index in [2.05, 4.69) is 16.4 Å². The van der Waals surface area contributed by atoms with Crippen molar-refractivity contribution >= 4 is 51.3 Å². The van der Waals surface area contributed by atoms with Gasteiger partial charge in [-0.1, -0.05) is 53.5 Å². The van der Waals surface area contributed by atoms with Crippen molar-refractivity contribution in [2.75, 3.05) is 20.8 Å². The summed E-state index contributed by atoms with van der Waals surface area (Å²) in [5.41, 5.74) is 3.33. The molecule has 0 spiro atoms. The molecule has 0 aliphatic carbocycles. The SMILES string of the molecule is COc1cccc(C(CNC(=O)c2cc(Cl)sc2Cl)c2c[nH]c3ccccc23)c1OC. The minimum absolute atomic E-state index is 0.196. The second-order valence-corrected chi connectivity index (χ2v) is 9.16. The molecule has 0 aliphatic heterocycles. The molecule has 0 bridgehead atoms. The molecule has 0 aliphatic rings. The normalized spacial score (nSPS) is 12.0. The Labute approximate surface area is 193 Å². The van der Waals surface area contributed by atoms with E-state index in [4.69, 9.17) is 32.7 Å². The van der Waals surface area contributed by atoms with Gasteiger partial charge in [-0.3, -0.25) is 4.79 Å². The van der Waals surface area contributed by atoms with Gasteiger partial charge in [0, 0.05) is 35.1 Å². The van der Waals surface area contributed by atoms with Crippen molar-refractivity contribution < 1.29 is 14.3 Å². The Morgan fingerprint density at radius 2 is 1.90 bits per heavy atom. The number of carbonyl (C=O) groups excluding carboxylic acids is 1. The van der Waals surface area contributed by atoms with Gasteiger partial charge in [-0.05, 0) is 23.8 Å². The molecule has 4 aromatic rings. The molecule has 2 heterocycles. The zero-order chi connectivity index (χ0) is 22.0. The van der Waals surface area contributed by atoms with Gasteiger partial charge in [-0.2, -0.15) is 0 Å². The lowest BCUT2D eigenvalue weighted by Crippen LogP contribution is -2.29. The Kier molecular flexibility index (Phi) is 6.41. The number of ether oxygens (including phenoxy) is 2. The fourth-order valence-corrected chi connectivity index (χ4v) is 5.20. The molecular weight excluding hydrogens is 455 g/mol. The number of hydrogen-bond donors (Lipinski definition) is 2. The van der Waals surface area contributed by atoms with Crippen molar-refractivity contribution in [1.82, 2.24) is 10.3 Å². The number of carbonyl (C=O) groups is 1. The number of aromatic nitrogens is 1. The third-order valence-corrected chi connectivity index (χ3v) is 6.66. The molecular formula is C23H20Cl2N2O3S. The van der Waals surface area contributed by atoms with E-state index in [0.29, 0.717) is 32.3 Å². The van der Waals surface area contributed by atoms with E-state index < -0.39 is 0 Å². The Balaban J connectivity index is 1.75. The zero-order valence-corrected chi connectivity index (χ0v) is 19.2. The highest BCUT2D eigenvalue weighted by Crippen LogP contribution is 2.40. The van der Waals surface area contributed by atoms with Crippen LogP contribution in [0.1, 0.15) is 27.4 Å². The van der Waals surface area contributed by atoms with Gasteiger partial charge in [0.1, 0.15) is 4.34 Å². The molecule has 0 fully saturated rings. The average Bonchev–Trinajstić information content (AvgIpc) is 3.36. The largest absolute Gasteiger partial charge is 0.493 e. The van der Waals surface area contributed by atoms with Crippen molar-refractivity contribution in [3.8, 4) is 11.5 Å². The first kappa shape index (κ1) is 21.6.